The summed E-state index contributed by atoms with van der Waals surface area (Å²) in [6.07, 6.45) is 0. The lowest BCUT2D eigenvalue weighted by molar-refractivity contribution is -0.384. The van der Waals surface area contributed by atoms with Crippen molar-refractivity contribution in [3.05, 3.63) is 53.4 Å². The quantitative estimate of drug-likeness (QED) is 0.216. The molecule has 0 aliphatic heterocycles. The van der Waals surface area contributed by atoms with E-state index in [1.807, 2.05) is 6.07 Å². The van der Waals surface area contributed by atoms with Gasteiger partial charge in [-0.3, -0.25) is 25.0 Å². The molecule has 0 aliphatic rings. The van der Waals surface area contributed by atoms with Gasteiger partial charge >= 0.3 is 5.97 Å². The number of nitriles is 1. The summed E-state index contributed by atoms with van der Waals surface area (Å²) >= 11 is 6.30. The molecule has 0 aliphatic carbocycles. The number of carboxylic acids is 1. The maximum absolute atomic E-state index is 10.8. The van der Waals surface area contributed by atoms with Crippen molar-refractivity contribution in [3.63, 3.8) is 0 Å². The molecule has 0 aromatic heterocycles. The Balaban J connectivity index is 0.000000331. The minimum absolute atomic E-state index is 0.00817. The fraction of sp³-hybridized carbons (Fsp3) is 0.222. The number of anilines is 2. The number of carbonyl (C=O) groups is 1. The van der Waals surface area contributed by atoms with E-state index in [1.54, 1.807) is 6.07 Å². The molecular formula is C18H17Br2N5O8. The number of benzene rings is 2. The molecule has 2 aromatic rings. The second-order valence-corrected chi connectivity index (χ2v) is 7.49. The zero-order valence-corrected chi connectivity index (χ0v) is 20.3. The summed E-state index contributed by atoms with van der Waals surface area (Å²) in [7, 11) is 2.81. The minimum atomic E-state index is -1.11. The zero-order valence-electron chi connectivity index (χ0n) is 17.1. The lowest BCUT2D eigenvalue weighted by Gasteiger charge is -2.09. The Kier molecular flexibility index (Phi) is 10.8. The minimum Gasteiger partial charge on any atom is -0.496 e. The highest BCUT2D eigenvalue weighted by Gasteiger charge is 2.20. The van der Waals surface area contributed by atoms with Crippen LogP contribution in [0.4, 0.5) is 22.7 Å². The van der Waals surface area contributed by atoms with Crippen LogP contribution >= 0.6 is 31.9 Å². The highest BCUT2D eigenvalue weighted by atomic mass is 79.9. The van der Waals surface area contributed by atoms with Crippen molar-refractivity contribution in [2.75, 3.05) is 37.9 Å². The Hall–Kier alpha value is -3.64. The van der Waals surface area contributed by atoms with Crippen molar-refractivity contribution < 1.29 is 29.2 Å². The van der Waals surface area contributed by atoms with Crippen LogP contribution in [0.25, 0.3) is 0 Å². The zero-order chi connectivity index (χ0) is 25.1. The molecule has 0 bridgehead atoms. The molecule has 0 fully saturated rings. The standard InChI is InChI=1S/C9H8BrN3O3.C9H9BrN2O5/c1-16-6-4-7(10)9(12-3-2-11)8(5-6)13(14)15;1-17-5-2-6(10)9(11-4-8(13)14)7(3-5)12(15)16/h4-5,12H,3H2,1H3;2-3,11H,4H2,1H3,(H,13,14). The van der Waals surface area contributed by atoms with Gasteiger partial charge in [-0.15, -0.1) is 0 Å². The lowest BCUT2D eigenvalue weighted by Crippen LogP contribution is -2.13. The highest BCUT2D eigenvalue weighted by molar-refractivity contribution is 9.11. The maximum Gasteiger partial charge on any atom is 0.322 e. The first kappa shape index (κ1) is 27.4. The fourth-order valence-electron chi connectivity index (χ4n) is 2.30. The first-order chi connectivity index (χ1) is 15.5. The van der Waals surface area contributed by atoms with E-state index in [0.29, 0.717) is 20.4 Å². The Labute approximate surface area is 203 Å². The number of methoxy groups -OCH3 is 2. The molecule has 176 valence electrons. The van der Waals surface area contributed by atoms with Crippen molar-refractivity contribution in [2.24, 2.45) is 0 Å². The van der Waals surface area contributed by atoms with Crippen molar-refractivity contribution in [3.8, 4) is 17.6 Å². The Morgan fingerprint density at radius 3 is 1.76 bits per heavy atom. The van der Waals surface area contributed by atoms with E-state index < -0.39 is 22.4 Å². The maximum atomic E-state index is 10.8. The van der Waals surface area contributed by atoms with Crippen LogP contribution in [0.5, 0.6) is 11.5 Å². The summed E-state index contributed by atoms with van der Waals surface area (Å²) in [6, 6.07) is 7.47. The molecule has 0 radical (unpaired) electrons. The molecule has 3 N–H and O–H groups in total. The van der Waals surface area contributed by atoms with E-state index >= 15 is 0 Å². The van der Waals surface area contributed by atoms with Crippen LogP contribution in [-0.4, -0.2) is 48.2 Å². The number of carboxylic acid groups (broad SMARTS) is 1. The lowest BCUT2D eigenvalue weighted by atomic mass is 10.2. The number of halogens is 2. The monoisotopic (exact) mass is 589 g/mol. The molecule has 0 heterocycles. The van der Waals surface area contributed by atoms with Gasteiger partial charge < -0.3 is 25.2 Å². The van der Waals surface area contributed by atoms with Gasteiger partial charge in [0.05, 0.1) is 51.2 Å². The van der Waals surface area contributed by atoms with Gasteiger partial charge in [-0.2, -0.15) is 5.26 Å². The van der Waals surface area contributed by atoms with Gasteiger partial charge in [0.25, 0.3) is 11.4 Å². The Morgan fingerprint density at radius 1 is 1.00 bits per heavy atom. The van der Waals surface area contributed by atoms with E-state index in [2.05, 4.69) is 42.5 Å². The van der Waals surface area contributed by atoms with Crippen LogP contribution in [0.2, 0.25) is 0 Å². The summed E-state index contributed by atoms with van der Waals surface area (Å²) in [5.41, 5.74) is -0.00972. The average molecular weight is 591 g/mol. The normalized spacial score (nSPS) is 9.55. The first-order valence-corrected chi connectivity index (χ1v) is 10.2. The van der Waals surface area contributed by atoms with Crippen LogP contribution in [0.1, 0.15) is 0 Å². The summed E-state index contributed by atoms with van der Waals surface area (Å²) in [5.74, 6) is -0.424. The van der Waals surface area contributed by atoms with Gasteiger partial charge in [0.15, 0.2) is 0 Å². The molecule has 0 unspecified atom stereocenters. The Morgan fingerprint density at radius 2 is 1.42 bits per heavy atom. The summed E-state index contributed by atoms with van der Waals surface area (Å²) in [4.78, 5) is 30.9. The smallest absolute Gasteiger partial charge is 0.322 e. The van der Waals surface area contributed by atoms with Crippen molar-refractivity contribution in [1.29, 1.82) is 5.26 Å². The van der Waals surface area contributed by atoms with Gasteiger partial charge in [0.2, 0.25) is 0 Å². The van der Waals surface area contributed by atoms with E-state index in [9.17, 15) is 25.0 Å². The number of nitro groups is 2. The fourth-order valence-corrected chi connectivity index (χ4v) is 3.44. The van der Waals surface area contributed by atoms with Crippen LogP contribution in [0.15, 0.2) is 33.2 Å². The molecule has 0 saturated carbocycles. The predicted molar refractivity (Wildman–Crippen MR) is 125 cm³/mol. The Bertz CT molecular complexity index is 1090. The number of hydrogen-bond donors (Lipinski definition) is 3. The molecule has 0 atom stereocenters. The second-order valence-electron chi connectivity index (χ2n) is 5.78. The van der Waals surface area contributed by atoms with Crippen molar-refractivity contribution in [2.45, 2.75) is 0 Å². The molecule has 15 heteroatoms. The molecule has 2 rings (SSSR count). The van der Waals surface area contributed by atoms with E-state index in [4.69, 9.17) is 19.8 Å². The average Bonchev–Trinajstić information content (AvgIpc) is 2.76. The van der Waals surface area contributed by atoms with Gasteiger partial charge in [-0.1, -0.05) is 0 Å². The third kappa shape index (κ3) is 8.09. The van der Waals surface area contributed by atoms with Gasteiger partial charge in [-0.05, 0) is 44.0 Å². The van der Waals surface area contributed by atoms with Crippen LogP contribution in [-0.2, 0) is 4.79 Å². The van der Waals surface area contributed by atoms with Crippen molar-refractivity contribution in [1.82, 2.24) is 0 Å². The van der Waals surface area contributed by atoms with Gasteiger partial charge in [0.1, 0.15) is 36.0 Å². The highest BCUT2D eigenvalue weighted by Crippen LogP contribution is 2.37. The number of ether oxygens (including phenoxy) is 2. The van der Waals surface area contributed by atoms with Gasteiger partial charge in [0, 0.05) is 0 Å². The number of hydrogen-bond acceptors (Lipinski definition) is 10. The van der Waals surface area contributed by atoms with Crippen LogP contribution < -0.4 is 20.1 Å². The summed E-state index contributed by atoms with van der Waals surface area (Å²) in [6.45, 7) is -0.419. The van der Waals surface area contributed by atoms with Crippen LogP contribution in [0, 0.1) is 31.6 Å². The van der Waals surface area contributed by atoms with E-state index in [1.165, 1.54) is 32.4 Å². The molecular weight excluding hydrogens is 574 g/mol. The second kappa shape index (κ2) is 13.0. The topological polar surface area (TPSA) is 190 Å². The molecule has 0 saturated heterocycles. The first-order valence-electron chi connectivity index (χ1n) is 8.66. The number of rotatable bonds is 9. The largest absolute Gasteiger partial charge is 0.496 e. The SMILES string of the molecule is COc1cc(Br)c(NCC#N)c([N+](=O)[O-])c1.COc1cc(Br)c(NCC(=O)O)c([N+](=O)[O-])c1. The predicted octanol–water partition coefficient (Wildman–Crippen LogP) is 4.16. The van der Waals surface area contributed by atoms with E-state index in [0.717, 1.165) is 0 Å². The molecule has 0 spiro atoms. The molecule has 13 nitrogen and oxygen atoms in total. The molecule has 33 heavy (non-hydrogen) atoms. The number of nitrogens with one attached hydrogen (secondary N) is 2. The number of nitrogens with zero attached hydrogens (tertiary/aromatic N) is 3. The van der Waals surface area contributed by atoms with Crippen molar-refractivity contribution >= 4 is 60.6 Å². The third-order valence-electron chi connectivity index (χ3n) is 3.71. The summed E-state index contributed by atoms with van der Waals surface area (Å²) < 4.78 is 10.7. The number of nitro benzene ring substituents is 2. The molecule has 2 aromatic carbocycles. The van der Waals surface area contributed by atoms with Gasteiger partial charge in [-0.25, -0.2) is 0 Å². The van der Waals surface area contributed by atoms with Crippen LogP contribution in [0.3, 0.4) is 0 Å². The number of aliphatic carboxylic acids is 1. The summed E-state index contributed by atoms with van der Waals surface area (Å²) in [5, 5.41) is 43.7. The third-order valence-corrected chi connectivity index (χ3v) is 4.96. The molecule has 0 amide bonds. The van der Waals surface area contributed by atoms with E-state index in [-0.39, 0.29) is 29.3 Å².